The summed E-state index contributed by atoms with van der Waals surface area (Å²) in [6.45, 7) is 3.88. The smallest absolute Gasteiger partial charge is 0.287 e. The minimum atomic E-state index is -0.441. The molecule has 1 saturated heterocycles. The van der Waals surface area contributed by atoms with Crippen LogP contribution in [0.15, 0.2) is 93.7 Å². The average Bonchev–Trinajstić information content (AvgIpc) is 3.08. The Balaban J connectivity index is 1.18. The highest BCUT2D eigenvalue weighted by Crippen LogP contribution is 2.37. The van der Waals surface area contributed by atoms with E-state index in [4.69, 9.17) is 20.8 Å². The third-order valence-electron chi connectivity index (χ3n) is 9.26. The van der Waals surface area contributed by atoms with E-state index in [1.54, 1.807) is 18.2 Å². The molecule has 1 aliphatic carbocycles. The number of nitrogens with zero attached hydrogens (tertiary/aromatic N) is 1. The van der Waals surface area contributed by atoms with Crippen molar-refractivity contribution in [1.29, 1.82) is 0 Å². The topological polar surface area (TPSA) is 88.8 Å². The van der Waals surface area contributed by atoms with Crippen LogP contribution in [-0.4, -0.2) is 35.9 Å². The van der Waals surface area contributed by atoms with Crippen LogP contribution in [0.2, 0.25) is 5.02 Å². The first-order valence-corrected chi connectivity index (χ1v) is 17.0. The number of allylic oxidation sites excluding steroid dienone is 1. The Labute approximate surface area is 280 Å². The molecular weight excluding hydrogens is 612 g/mol. The summed E-state index contributed by atoms with van der Waals surface area (Å²) in [5.74, 6) is 0.784. The molecule has 0 unspecified atom stereocenters. The van der Waals surface area contributed by atoms with Gasteiger partial charge in [-0.25, -0.2) is 0 Å². The van der Waals surface area contributed by atoms with Crippen molar-refractivity contribution in [3.8, 4) is 5.75 Å². The van der Waals surface area contributed by atoms with Crippen molar-refractivity contribution in [2.75, 3.05) is 13.2 Å². The zero-order chi connectivity index (χ0) is 32.8. The highest BCUT2D eigenvalue weighted by atomic mass is 35.5. The quantitative estimate of drug-likeness (QED) is 0.176. The number of carbonyl (C=O) groups excluding carboxylic acids is 2. The Morgan fingerprint density at radius 3 is 2.57 bits per heavy atom. The van der Waals surface area contributed by atoms with E-state index in [9.17, 15) is 14.4 Å². The van der Waals surface area contributed by atoms with Gasteiger partial charge in [0.1, 0.15) is 11.3 Å². The molecule has 47 heavy (non-hydrogen) atoms. The number of hydrogen-bond donors (Lipinski definition) is 1. The number of amides is 2. The fraction of sp³-hybridized carbons (Fsp3) is 0.359. The maximum Gasteiger partial charge on any atom is 0.287 e. The standard InChI is InChI=1S/C39H41ClN2O5/c1-2-46-32-18-19-36-34(23-32)35(43)24-37(47-36)39(45)41-31(22-27-12-16-30(40)17-13-27)21-26-10-14-28(15-11-26)33-8-4-3-7-29(33)25-42-20-6-5-9-38(42)44/h3-4,7-8,12-13,16-19,21,23-24,28,31H,2,5-6,9-11,14-15,20,22,25H2,1H3,(H,41,45)/t28?,31-/m1/s1. The van der Waals surface area contributed by atoms with Crippen molar-refractivity contribution in [3.05, 3.63) is 122 Å². The van der Waals surface area contributed by atoms with Crippen LogP contribution in [0.4, 0.5) is 0 Å². The SMILES string of the molecule is CCOc1ccc2oc(C(=O)N[C@H](C=C3CCC(c4ccccc4CN4CCCCC4=O)CC3)Cc3ccc(Cl)cc3)cc(=O)c2c1. The fourth-order valence-electron chi connectivity index (χ4n) is 6.83. The van der Waals surface area contributed by atoms with Gasteiger partial charge in [-0.1, -0.05) is 59.6 Å². The van der Waals surface area contributed by atoms with E-state index in [-0.39, 0.29) is 23.1 Å². The van der Waals surface area contributed by atoms with Crippen LogP contribution in [-0.2, 0) is 17.8 Å². The summed E-state index contributed by atoms with van der Waals surface area (Å²) in [5.41, 5.74) is 4.97. The number of nitrogens with one attached hydrogen (secondary N) is 1. The summed E-state index contributed by atoms with van der Waals surface area (Å²) in [6, 6.07) is 22.2. The van der Waals surface area contributed by atoms with E-state index in [1.165, 1.54) is 22.8 Å². The van der Waals surface area contributed by atoms with Gasteiger partial charge >= 0.3 is 0 Å². The Bertz CT molecular complexity index is 1820. The molecule has 1 atom stereocenters. The molecule has 0 radical (unpaired) electrons. The number of carbonyl (C=O) groups is 2. The molecule has 244 valence electrons. The van der Waals surface area contributed by atoms with Crippen LogP contribution < -0.4 is 15.5 Å². The lowest BCUT2D eigenvalue weighted by Gasteiger charge is -2.31. The van der Waals surface area contributed by atoms with Gasteiger partial charge in [0.25, 0.3) is 5.91 Å². The molecule has 1 saturated carbocycles. The van der Waals surface area contributed by atoms with Gasteiger partial charge in [-0.05, 0) is 105 Å². The Kier molecular flexibility index (Phi) is 10.4. The maximum atomic E-state index is 13.5. The third kappa shape index (κ3) is 8.14. The Morgan fingerprint density at radius 1 is 1.02 bits per heavy atom. The molecule has 7 nitrogen and oxygen atoms in total. The lowest BCUT2D eigenvalue weighted by atomic mass is 9.79. The molecule has 1 aliphatic heterocycles. The number of piperidine rings is 1. The summed E-state index contributed by atoms with van der Waals surface area (Å²) >= 11 is 6.14. The second-order valence-corrected chi connectivity index (χ2v) is 13.0. The number of halogens is 1. The fourth-order valence-corrected chi connectivity index (χ4v) is 6.96. The largest absolute Gasteiger partial charge is 0.494 e. The third-order valence-corrected chi connectivity index (χ3v) is 9.51. The average molecular weight is 653 g/mol. The molecule has 2 heterocycles. The van der Waals surface area contributed by atoms with Crippen molar-refractivity contribution >= 4 is 34.4 Å². The Hall–Kier alpha value is -4.36. The second kappa shape index (κ2) is 15.0. The summed E-state index contributed by atoms with van der Waals surface area (Å²) in [6.07, 6.45) is 9.29. The normalized spacial score (nSPS) is 17.4. The number of rotatable bonds is 10. The van der Waals surface area contributed by atoms with Crippen LogP contribution in [0, 0.1) is 0 Å². The molecule has 2 amide bonds. The van der Waals surface area contributed by atoms with Gasteiger partial charge in [-0.2, -0.15) is 0 Å². The van der Waals surface area contributed by atoms with Crippen molar-refractivity contribution in [3.63, 3.8) is 0 Å². The van der Waals surface area contributed by atoms with Gasteiger partial charge in [-0.15, -0.1) is 0 Å². The molecular formula is C39H41ClN2O5. The zero-order valence-electron chi connectivity index (χ0n) is 26.8. The van der Waals surface area contributed by atoms with E-state index in [0.29, 0.717) is 53.7 Å². The molecule has 2 fully saturated rings. The van der Waals surface area contributed by atoms with E-state index in [0.717, 1.165) is 50.6 Å². The molecule has 0 spiro atoms. The van der Waals surface area contributed by atoms with Gasteiger partial charge in [0, 0.05) is 30.6 Å². The van der Waals surface area contributed by atoms with E-state index in [2.05, 4.69) is 35.7 Å². The second-order valence-electron chi connectivity index (χ2n) is 12.5. The predicted octanol–water partition coefficient (Wildman–Crippen LogP) is 7.98. The minimum Gasteiger partial charge on any atom is -0.494 e. The summed E-state index contributed by atoms with van der Waals surface area (Å²) in [4.78, 5) is 41.0. The van der Waals surface area contributed by atoms with Crippen LogP contribution in [0.3, 0.4) is 0 Å². The summed E-state index contributed by atoms with van der Waals surface area (Å²) < 4.78 is 11.4. The van der Waals surface area contributed by atoms with Crippen LogP contribution in [0.1, 0.15) is 85.0 Å². The maximum absolute atomic E-state index is 13.5. The molecule has 1 aromatic heterocycles. The van der Waals surface area contributed by atoms with E-state index >= 15 is 0 Å². The van der Waals surface area contributed by atoms with Crippen molar-refractivity contribution in [1.82, 2.24) is 10.2 Å². The highest BCUT2D eigenvalue weighted by Gasteiger charge is 2.25. The van der Waals surface area contributed by atoms with Crippen molar-refractivity contribution in [2.24, 2.45) is 0 Å². The molecule has 8 heteroatoms. The first-order valence-electron chi connectivity index (χ1n) is 16.7. The zero-order valence-corrected chi connectivity index (χ0v) is 27.6. The Morgan fingerprint density at radius 2 is 1.81 bits per heavy atom. The number of fused-ring (bicyclic) bond motifs is 1. The lowest BCUT2D eigenvalue weighted by molar-refractivity contribution is -0.133. The van der Waals surface area contributed by atoms with Crippen molar-refractivity contribution < 1.29 is 18.7 Å². The number of ether oxygens (including phenoxy) is 1. The van der Waals surface area contributed by atoms with Crippen molar-refractivity contribution in [2.45, 2.75) is 76.8 Å². The van der Waals surface area contributed by atoms with Gasteiger partial charge < -0.3 is 19.4 Å². The monoisotopic (exact) mass is 652 g/mol. The van der Waals surface area contributed by atoms with E-state index < -0.39 is 5.91 Å². The number of likely N-dealkylation sites (tertiary alicyclic amines) is 1. The predicted molar refractivity (Wildman–Crippen MR) is 185 cm³/mol. The first kappa shape index (κ1) is 32.6. The minimum absolute atomic E-state index is 0.0290. The van der Waals surface area contributed by atoms with Gasteiger partial charge in [-0.3, -0.25) is 14.4 Å². The lowest BCUT2D eigenvalue weighted by Crippen LogP contribution is -2.36. The van der Waals surface area contributed by atoms with Gasteiger partial charge in [0.05, 0.1) is 18.0 Å². The van der Waals surface area contributed by atoms with E-state index in [1.807, 2.05) is 36.1 Å². The number of benzene rings is 3. The van der Waals surface area contributed by atoms with Crippen LogP contribution in [0.5, 0.6) is 5.75 Å². The highest BCUT2D eigenvalue weighted by molar-refractivity contribution is 6.30. The molecule has 1 N–H and O–H groups in total. The molecule has 4 aromatic rings. The van der Waals surface area contributed by atoms with Gasteiger partial charge in [0.15, 0.2) is 11.2 Å². The molecule has 6 rings (SSSR count). The summed E-state index contributed by atoms with van der Waals surface area (Å²) in [7, 11) is 0. The number of hydrogen-bond acceptors (Lipinski definition) is 5. The van der Waals surface area contributed by atoms with Crippen LogP contribution >= 0.6 is 11.6 Å². The first-order chi connectivity index (χ1) is 22.9. The van der Waals surface area contributed by atoms with Gasteiger partial charge in [0.2, 0.25) is 5.91 Å². The molecule has 0 bridgehead atoms. The molecule has 2 aliphatic rings. The molecule has 3 aromatic carbocycles. The summed E-state index contributed by atoms with van der Waals surface area (Å²) in [5, 5.41) is 4.15. The van der Waals surface area contributed by atoms with Crippen LogP contribution in [0.25, 0.3) is 11.0 Å².